The lowest BCUT2D eigenvalue weighted by Crippen LogP contribution is -2.21. The first-order chi connectivity index (χ1) is 14.5. The van der Waals surface area contributed by atoms with Gasteiger partial charge in [0.1, 0.15) is 23.7 Å². The van der Waals surface area contributed by atoms with E-state index in [0.29, 0.717) is 24.5 Å². The Labute approximate surface area is 176 Å². The highest BCUT2D eigenvalue weighted by molar-refractivity contribution is 5.99. The van der Waals surface area contributed by atoms with Crippen molar-refractivity contribution in [3.63, 3.8) is 0 Å². The minimum Gasteiger partial charge on any atom is -0.487 e. The summed E-state index contributed by atoms with van der Waals surface area (Å²) in [7, 11) is 3.51. The van der Waals surface area contributed by atoms with E-state index in [9.17, 15) is 4.79 Å². The van der Waals surface area contributed by atoms with Gasteiger partial charge in [-0.15, -0.1) is 0 Å². The highest BCUT2D eigenvalue weighted by Gasteiger charge is 2.18. The van der Waals surface area contributed by atoms with Crippen LogP contribution in [0, 0.1) is 6.92 Å². The average molecular weight is 399 g/mol. The molecule has 30 heavy (non-hydrogen) atoms. The molecule has 152 valence electrons. The zero-order chi connectivity index (χ0) is 21.1. The molecule has 0 aliphatic rings. The smallest absolute Gasteiger partial charge is 0.253 e. The van der Waals surface area contributed by atoms with Gasteiger partial charge in [0.2, 0.25) is 0 Å². The Bertz CT molecular complexity index is 1170. The Morgan fingerprint density at radius 1 is 0.967 bits per heavy atom. The number of fused-ring (bicyclic) bond motifs is 1. The Morgan fingerprint density at radius 3 is 2.23 bits per heavy atom. The predicted octanol–water partition coefficient (Wildman–Crippen LogP) is 4.67. The van der Waals surface area contributed by atoms with Gasteiger partial charge in [-0.05, 0) is 30.2 Å². The Morgan fingerprint density at radius 2 is 1.60 bits per heavy atom. The molecule has 0 saturated heterocycles. The van der Waals surface area contributed by atoms with Gasteiger partial charge in [0.15, 0.2) is 0 Å². The number of amides is 1. The Hall–Kier alpha value is -3.60. The molecular weight excluding hydrogens is 374 g/mol. The van der Waals surface area contributed by atoms with Gasteiger partial charge >= 0.3 is 0 Å². The van der Waals surface area contributed by atoms with Crippen molar-refractivity contribution in [1.29, 1.82) is 0 Å². The first-order valence-corrected chi connectivity index (χ1v) is 9.96. The minimum atomic E-state index is -0.0634. The summed E-state index contributed by atoms with van der Waals surface area (Å²) < 4.78 is 8.28. The second-order valence-corrected chi connectivity index (χ2v) is 7.55. The molecule has 0 N–H and O–H groups in total. The molecule has 1 heterocycles. The monoisotopic (exact) mass is 399 g/mol. The van der Waals surface area contributed by atoms with Crippen LogP contribution in [-0.4, -0.2) is 34.5 Å². The molecule has 0 aliphatic carbocycles. The van der Waals surface area contributed by atoms with Crippen LogP contribution in [0.15, 0.2) is 72.8 Å². The van der Waals surface area contributed by atoms with Crippen LogP contribution in [-0.2, 0) is 13.2 Å². The van der Waals surface area contributed by atoms with E-state index >= 15 is 0 Å². The standard InChI is InChI=1S/C25H25N3O2/c1-18-26-24-22(28(18)16-19-10-6-4-7-11-19)14-21(25(29)27(2)3)15-23(24)30-17-20-12-8-5-9-13-20/h4-15H,16-17H2,1-3H3. The summed E-state index contributed by atoms with van der Waals surface area (Å²) in [6, 6.07) is 23.9. The number of carbonyl (C=O) groups is 1. The van der Waals surface area contributed by atoms with Crippen LogP contribution in [0.2, 0.25) is 0 Å². The van der Waals surface area contributed by atoms with Crippen molar-refractivity contribution >= 4 is 16.9 Å². The zero-order valence-corrected chi connectivity index (χ0v) is 17.5. The van der Waals surface area contributed by atoms with E-state index in [1.54, 1.807) is 25.1 Å². The molecule has 0 atom stereocenters. The van der Waals surface area contributed by atoms with Gasteiger partial charge in [-0.3, -0.25) is 4.79 Å². The molecule has 0 fully saturated rings. The first kappa shape index (κ1) is 19.7. The Kier molecular flexibility index (Phi) is 5.53. The van der Waals surface area contributed by atoms with Crippen LogP contribution in [0.3, 0.4) is 0 Å². The van der Waals surface area contributed by atoms with Crippen molar-refractivity contribution in [2.45, 2.75) is 20.1 Å². The third-order valence-corrected chi connectivity index (χ3v) is 5.08. The van der Waals surface area contributed by atoms with E-state index < -0.39 is 0 Å². The fourth-order valence-corrected chi connectivity index (χ4v) is 3.50. The summed E-state index contributed by atoms with van der Waals surface area (Å²) in [5.41, 5.74) is 4.50. The van der Waals surface area contributed by atoms with Crippen LogP contribution in [0.25, 0.3) is 11.0 Å². The molecule has 3 aromatic carbocycles. The largest absolute Gasteiger partial charge is 0.487 e. The van der Waals surface area contributed by atoms with Gasteiger partial charge in [0.25, 0.3) is 5.91 Å². The summed E-state index contributed by atoms with van der Waals surface area (Å²) in [6.45, 7) is 3.08. The lowest BCUT2D eigenvalue weighted by molar-refractivity contribution is 0.0827. The van der Waals surface area contributed by atoms with E-state index in [1.165, 1.54) is 5.56 Å². The minimum absolute atomic E-state index is 0.0634. The second-order valence-electron chi connectivity index (χ2n) is 7.55. The maximum atomic E-state index is 12.7. The van der Waals surface area contributed by atoms with E-state index in [-0.39, 0.29) is 5.91 Å². The average Bonchev–Trinajstić information content (AvgIpc) is 3.08. The normalized spacial score (nSPS) is 10.9. The molecular formula is C25H25N3O2. The number of carbonyl (C=O) groups excluding carboxylic acids is 1. The van der Waals surface area contributed by atoms with E-state index in [4.69, 9.17) is 9.72 Å². The predicted molar refractivity (Wildman–Crippen MR) is 119 cm³/mol. The summed E-state index contributed by atoms with van der Waals surface area (Å²) in [5, 5.41) is 0. The number of ether oxygens (including phenoxy) is 1. The molecule has 0 aliphatic heterocycles. The van der Waals surface area contributed by atoms with Gasteiger partial charge in [0, 0.05) is 26.2 Å². The van der Waals surface area contributed by atoms with Crippen molar-refractivity contribution in [2.75, 3.05) is 14.1 Å². The number of rotatable bonds is 6. The summed E-state index contributed by atoms with van der Waals surface area (Å²) in [5.74, 6) is 1.44. The van der Waals surface area contributed by atoms with Gasteiger partial charge in [-0.25, -0.2) is 4.98 Å². The van der Waals surface area contributed by atoms with Crippen LogP contribution >= 0.6 is 0 Å². The quantitative estimate of drug-likeness (QED) is 0.473. The summed E-state index contributed by atoms with van der Waals surface area (Å²) in [6.07, 6.45) is 0. The van der Waals surface area contributed by atoms with Crippen LogP contribution < -0.4 is 4.74 Å². The number of aromatic nitrogens is 2. The van der Waals surface area contributed by atoms with Crippen molar-refractivity contribution in [3.8, 4) is 5.75 Å². The van der Waals surface area contributed by atoms with Gasteiger partial charge in [-0.2, -0.15) is 0 Å². The second kappa shape index (κ2) is 8.41. The summed E-state index contributed by atoms with van der Waals surface area (Å²) >= 11 is 0. The fraction of sp³-hybridized carbons (Fsp3) is 0.200. The molecule has 1 amide bonds. The van der Waals surface area contributed by atoms with Crippen LogP contribution in [0.4, 0.5) is 0 Å². The third kappa shape index (κ3) is 4.06. The van der Waals surface area contributed by atoms with Crippen molar-refractivity contribution in [2.24, 2.45) is 0 Å². The Balaban J connectivity index is 1.79. The fourth-order valence-electron chi connectivity index (χ4n) is 3.50. The van der Waals surface area contributed by atoms with Crippen LogP contribution in [0.5, 0.6) is 5.75 Å². The number of imidazole rings is 1. The highest BCUT2D eigenvalue weighted by atomic mass is 16.5. The lowest BCUT2D eigenvalue weighted by Gasteiger charge is -2.14. The molecule has 4 aromatic rings. The number of benzene rings is 3. The molecule has 0 spiro atoms. The number of hydrogen-bond donors (Lipinski definition) is 0. The number of nitrogens with zero attached hydrogens (tertiary/aromatic N) is 3. The molecule has 4 rings (SSSR count). The summed E-state index contributed by atoms with van der Waals surface area (Å²) in [4.78, 5) is 19.1. The van der Waals surface area contributed by atoms with E-state index in [0.717, 1.165) is 22.4 Å². The van der Waals surface area contributed by atoms with Gasteiger partial charge < -0.3 is 14.2 Å². The van der Waals surface area contributed by atoms with Crippen molar-refractivity contribution in [3.05, 3.63) is 95.3 Å². The number of hydrogen-bond acceptors (Lipinski definition) is 3. The maximum absolute atomic E-state index is 12.7. The maximum Gasteiger partial charge on any atom is 0.253 e. The van der Waals surface area contributed by atoms with Gasteiger partial charge in [0.05, 0.1) is 5.52 Å². The molecule has 0 bridgehead atoms. The highest BCUT2D eigenvalue weighted by Crippen LogP contribution is 2.30. The molecule has 5 heteroatoms. The van der Waals surface area contributed by atoms with Crippen molar-refractivity contribution in [1.82, 2.24) is 14.5 Å². The first-order valence-electron chi connectivity index (χ1n) is 9.96. The lowest BCUT2D eigenvalue weighted by atomic mass is 10.1. The zero-order valence-electron chi connectivity index (χ0n) is 17.5. The molecule has 0 saturated carbocycles. The van der Waals surface area contributed by atoms with Gasteiger partial charge in [-0.1, -0.05) is 60.7 Å². The van der Waals surface area contributed by atoms with Crippen LogP contribution in [0.1, 0.15) is 27.3 Å². The molecule has 0 radical (unpaired) electrons. The third-order valence-electron chi connectivity index (χ3n) is 5.08. The molecule has 0 unspecified atom stereocenters. The SMILES string of the molecule is Cc1nc2c(OCc3ccccc3)cc(C(=O)N(C)C)cc2n1Cc1ccccc1. The van der Waals surface area contributed by atoms with E-state index in [2.05, 4.69) is 16.7 Å². The van der Waals surface area contributed by atoms with Crippen molar-refractivity contribution < 1.29 is 9.53 Å². The number of aryl methyl sites for hydroxylation is 1. The molecule has 5 nitrogen and oxygen atoms in total. The van der Waals surface area contributed by atoms with E-state index in [1.807, 2.05) is 61.5 Å². The molecule has 1 aromatic heterocycles. The topological polar surface area (TPSA) is 47.4 Å².